The van der Waals surface area contributed by atoms with Crippen LogP contribution >= 0.6 is 11.3 Å². The van der Waals surface area contributed by atoms with Crippen molar-refractivity contribution in [1.82, 2.24) is 5.32 Å². The minimum absolute atomic E-state index is 0.00781. The lowest BCUT2D eigenvalue weighted by Gasteiger charge is -2.36. The van der Waals surface area contributed by atoms with Crippen LogP contribution in [0.25, 0.3) is 0 Å². The van der Waals surface area contributed by atoms with Gasteiger partial charge in [-0.1, -0.05) is 12.0 Å². The van der Waals surface area contributed by atoms with Crippen LogP contribution < -0.4 is 5.32 Å². The lowest BCUT2D eigenvalue weighted by molar-refractivity contribution is -0.166. The molecule has 0 saturated carbocycles. The summed E-state index contributed by atoms with van der Waals surface area (Å²) < 4.78 is 11.6. The molecule has 3 atom stereocenters. The molecule has 1 amide bonds. The molecule has 1 aromatic heterocycles. The van der Waals surface area contributed by atoms with E-state index >= 15 is 0 Å². The summed E-state index contributed by atoms with van der Waals surface area (Å²) in [6, 6.07) is 4.03. The van der Waals surface area contributed by atoms with E-state index in [1.807, 2.05) is 30.5 Å². The van der Waals surface area contributed by atoms with Gasteiger partial charge in [0.1, 0.15) is 0 Å². The molecule has 0 unspecified atom stereocenters. The van der Waals surface area contributed by atoms with Crippen LogP contribution in [0.15, 0.2) is 29.3 Å². The van der Waals surface area contributed by atoms with Crippen LogP contribution in [0.5, 0.6) is 0 Å². The molecular formula is C18H23NO4S. The van der Waals surface area contributed by atoms with E-state index in [1.54, 1.807) is 11.3 Å². The lowest BCUT2D eigenvalue weighted by atomic mass is 9.84. The third-order valence-electron chi connectivity index (χ3n) is 3.86. The standard InChI is InChI=1S/C18H23NO4S/c1-3-9-19-17(21)15-12-14(16-8-6-11-24-16)13(7-5-10-20)18(23-15)22-4-2/h1,6,8,11-14,18,20H,4-5,7,9-10H2,2H3,(H,19,21)/t13-,14-,18+/m0/s1. The molecule has 0 fully saturated rings. The second kappa shape index (κ2) is 9.48. The molecule has 2 N–H and O–H groups in total. The van der Waals surface area contributed by atoms with Gasteiger partial charge in [-0.05, 0) is 37.3 Å². The summed E-state index contributed by atoms with van der Waals surface area (Å²) in [4.78, 5) is 13.4. The van der Waals surface area contributed by atoms with Gasteiger partial charge in [0.25, 0.3) is 5.91 Å². The largest absolute Gasteiger partial charge is 0.459 e. The van der Waals surface area contributed by atoms with Crippen molar-refractivity contribution in [3.8, 4) is 12.3 Å². The third kappa shape index (κ3) is 4.60. The number of terminal acetylenes is 1. The third-order valence-corrected chi connectivity index (χ3v) is 4.83. The Morgan fingerprint density at radius 3 is 3.04 bits per heavy atom. The maximum atomic E-state index is 12.3. The first kappa shape index (κ1) is 18.5. The number of allylic oxidation sites excluding steroid dienone is 1. The molecule has 0 spiro atoms. The minimum atomic E-state index is -0.523. The van der Waals surface area contributed by atoms with E-state index in [0.29, 0.717) is 13.0 Å². The number of ether oxygens (including phenoxy) is 2. The maximum Gasteiger partial charge on any atom is 0.286 e. The highest BCUT2D eigenvalue weighted by Gasteiger charge is 2.38. The average Bonchev–Trinajstić information content (AvgIpc) is 3.12. The Morgan fingerprint density at radius 1 is 1.58 bits per heavy atom. The Hall–Kier alpha value is -1.81. The number of hydrogen-bond donors (Lipinski definition) is 2. The quantitative estimate of drug-likeness (QED) is 0.707. The van der Waals surface area contributed by atoms with E-state index in [0.717, 1.165) is 11.3 Å². The summed E-state index contributed by atoms with van der Waals surface area (Å²) in [5.41, 5.74) is 0. The molecule has 5 nitrogen and oxygen atoms in total. The van der Waals surface area contributed by atoms with Gasteiger partial charge in [-0.25, -0.2) is 0 Å². The van der Waals surface area contributed by atoms with Gasteiger partial charge in [-0.2, -0.15) is 0 Å². The predicted molar refractivity (Wildman–Crippen MR) is 93.3 cm³/mol. The first-order valence-electron chi connectivity index (χ1n) is 8.07. The SMILES string of the molecule is C#CCNC(=O)C1=C[C@H](c2cccs2)[C@H](CCCO)[C@H](OCC)O1. The van der Waals surface area contributed by atoms with Crippen LogP contribution in [0.2, 0.25) is 0 Å². The Bertz CT molecular complexity index is 591. The fraction of sp³-hybridized carbons (Fsp3) is 0.500. The zero-order valence-corrected chi connectivity index (χ0v) is 14.6. The zero-order valence-electron chi connectivity index (χ0n) is 13.7. The van der Waals surface area contributed by atoms with Crippen LogP contribution in [0.1, 0.15) is 30.6 Å². The fourth-order valence-corrected chi connectivity index (χ4v) is 3.67. The molecule has 0 aliphatic carbocycles. The summed E-state index contributed by atoms with van der Waals surface area (Å²) in [7, 11) is 0. The normalized spacial score (nSPS) is 23.0. The lowest BCUT2D eigenvalue weighted by Crippen LogP contribution is -2.38. The van der Waals surface area contributed by atoms with Gasteiger partial charge in [-0.15, -0.1) is 17.8 Å². The van der Waals surface area contributed by atoms with Crippen molar-refractivity contribution in [2.45, 2.75) is 32.0 Å². The zero-order chi connectivity index (χ0) is 17.4. The van der Waals surface area contributed by atoms with Crippen molar-refractivity contribution >= 4 is 17.2 Å². The number of aliphatic hydroxyl groups is 1. The Morgan fingerprint density at radius 2 is 2.42 bits per heavy atom. The highest BCUT2D eigenvalue weighted by atomic mass is 32.1. The second-order valence-corrected chi connectivity index (χ2v) is 6.41. The summed E-state index contributed by atoms with van der Waals surface area (Å²) in [6.07, 6.45) is 7.92. The van der Waals surface area contributed by atoms with Crippen LogP contribution in [0, 0.1) is 18.3 Å². The average molecular weight is 349 g/mol. The molecule has 1 aliphatic rings. The molecule has 0 saturated heterocycles. The van der Waals surface area contributed by atoms with Crippen molar-refractivity contribution in [1.29, 1.82) is 0 Å². The van der Waals surface area contributed by atoms with Crippen LogP contribution in [0.4, 0.5) is 0 Å². The number of hydrogen-bond acceptors (Lipinski definition) is 5. The molecule has 0 aromatic carbocycles. The van der Waals surface area contributed by atoms with Crippen molar-refractivity contribution in [2.75, 3.05) is 19.8 Å². The van der Waals surface area contributed by atoms with Gasteiger partial charge < -0.3 is 19.9 Å². The van der Waals surface area contributed by atoms with Gasteiger partial charge in [0.05, 0.1) is 6.54 Å². The molecule has 0 bridgehead atoms. The number of thiophene rings is 1. The molecule has 2 rings (SSSR count). The van der Waals surface area contributed by atoms with Crippen LogP contribution in [-0.4, -0.2) is 37.1 Å². The van der Waals surface area contributed by atoms with E-state index in [2.05, 4.69) is 11.2 Å². The topological polar surface area (TPSA) is 67.8 Å². The molecule has 1 aliphatic heterocycles. The highest BCUT2D eigenvalue weighted by molar-refractivity contribution is 7.10. The summed E-state index contributed by atoms with van der Waals surface area (Å²) >= 11 is 1.64. The highest BCUT2D eigenvalue weighted by Crippen LogP contribution is 2.40. The van der Waals surface area contributed by atoms with Gasteiger partial charge in [0, 0.05) is 29.9 Å². The molecule has 1 aromatic rings. The molecule has 24 heavy (non-hydrogen) atoms. The van der Waals surface area contributed by atoms with Gasteiger partial charge in [-0.3, -0.25) is 4.79 Å². The number of rotatable bonds is 8. The van der Waals surface area contributed by atoms with E-state index in [-0.39, 0.29) is 36.7 Å². The maximum absolute atomic E-state index is 12.3. The Kier molecular flexibility index (Phi) is 7.32. The number of amides is 1. The number of aliphatic hydroxyl groups excluding tert-OH is 1. The number of carbonyl (C=O) groups is 1. The van der Waals surface area contributed by atoms with E-state index in [9.17, 15) is 9.90 Å². The van der Waals surface area contributed by atoms with Crippen molar-refractivity contribution in [3.63, 3.8) is 0 Å². The van der Waals surface area contributed by atoms with Gasteiger partial charge in [0.15, 0.2) is 5.76 Å². The van der Waals surface area contributed by atoms with E-state index in [4.69, 9.17) is 15.9 Å². The van der Waals surface area contributed by atoms with Crippen molar-refractivity contribution in [3.05, 3.63) is 34.2 Å². The molecule has 6 heteroatoms. The molecule has 2 heterocycles. The second-order valence-electron chi connectivity index (χ2n) is 5.43. The first-order chi connectivity index (χ1) is 11.7. The summed E-state index contributed by atoms with van der Waals surface area (Å²) in [5, 5.41) is 13.8. The van der Waals surface area contributed by atoms with E-state index < -0.39 is 6.29 Å². The van der Waals surface area contributed by atoms with E-state index in [1.165, 1.54) is 0 Å². The van der Waals surface area contributed by atoms with Gasteiger partial charge >= 0.3 is 0 Å². The van der Waals surface area contributed by atoms with Crippen LogP contribution in [-0.2, 0) is 14.3 Å². The van der Waals surface area contributed by atoms with Crippen LogP contribution in [0.3, 0.4) is 0 Å². The Labute approximate surface area is 146 Å². The van der Waals surface area contributed by atoms with Crippen molar-refractivity contribution < 1.29 is 19.4 Å². The molecular weight excluding hydrogens is 326 g/mol. The monoisotopic (exact) mass is 349 g/mol. The predicted octanol–water partition coefficient (Wildman–Crippen LogP) is 2.25. The smallest absolute Gasteiger partial charge is 0.286 e. The van der Waals surface area contributed by atoms with Gasteiger partial charge in [0.2, 0.25) is 6.29 Å². The minimum Gasteiger partial charge on any atom is -0.459 e. The molecule has 0 radical (unpaired) electrons. The number of nitrogens with one attached hydrogen (secondary N) is 1. The van der Waals surface area contributed by atoms with Crippen molar-refractivity contribution in [2.24, 2.45) is 5.92 Å². The molecule has 130 valence electrons. The number of carbonyl (C=O) groups excluding carboxylic acids is 1. The first-order valence-corrected chi connectivity index (χ1v) is 8.95. The Balaban J connectivity index is 2.30. The fourth-order valence-electron chi connectivity index (χ4n) is 2.79. The summed E-state index contributed by atoms with van der Waals surface area (Å²) in [5.74, 6) is 2.33. The summed E-state index contributed by atoms with van der Waals surface area (Å²) in [6.45, 7) is 2.64.